The van der Waals surface area contributed by atoms with Crippen LogP contribution in [0.25, 0.3) is 4.96 Å². The number of thiazole rings is 1. The zero-order chi connectivity index (χ0) is 17.2. The van der Waals surface area contributed by atoms with E-state index in [0.29, 0.717) is 4.96 Å². The van der Waals surface area contributed by atoms with Crippen LogP contribution in [0.4, 0.5) is 0 Å². The van der Waals surface area contributed by atoms with Gasteiger partial charge in [0.15, 0.2) is 4.96 Å². The predicted molar refractivity (Wildman–Crippen MR) is 96.0 cm³/mol. The first kappa shape index (κ1) is 16.0. The van der Waals surface area contributed by atoms with Gasteiger partial charge in [0.1, 0.15) is 5.56 Å². The maximum atomic E-state index is 12.9. The van der Waals surface area contributed by atoms with Gasteiger partial charge in [-0.05, 0) is 37.8 Å². The number of carbonyl (C=O) groups excluding carboxylic acids is 1. The highest BCUT2D eigenvalue weighted by atomic mass is 32.1. The standard InChI is InChI=1S/C18H18N4O2S/c23-16(20-10-12-6-4-5-9-19-12)13-11-21-18-22(17(13)24)14-7-2-1-3-8-15(14)25-18/h4-6,9,11H,1-3,7-8,10H2,(H,20,23). The van der Waals surface area contributed by atoms with Gasteiger partial charge in [-0.1, -0.05) is 12.5 Å². The molecule has 0 fully saturated rings. The van der Waals surface area contributed by atoms with Crippen molar-refractivity contribution in [2.24, 2.45) is 0 Å². The molecule has 3 heterocycles. The lowest BCUT2D eigenvalue weighted by molar-refractivity contribution is 0.0948. The average molecular weight is 354 g/mol. The number of hydrogen-bond donors (Lipinski definition) is 1. The van der Waals surface area contributed by atoms with Gasteiger partial charge < -0.3 is 5.32 Å². The summed E-state index contributed by atoms with van der Waals surface area (Å²) in [6.45, 7) is 0.281. The van der Waals surface area contributed by atoms with E-state index in [1.54, 1.807) is 21.9 Å². The van der Waals surface area contributed by atoms with Crippen LogP contribution in [0.3, 0.4) is 0 Å². The Labute approximate surface area is 148 Å². The molecular weight excluding hydrogens is 336 g/mol. The van der Waals surface area contributed by atoms with Gasteiger partial charge in [0.25, 0.3) is 11.5 Å². The Hall–Kier alpha value is -2.54. The summed E-state index contributed by atoms with van der Waals surface area (Å²) in [5.41, 5.74) is 1.59. The van der Waals surface area contributed by atoms with Crippen LogP contribution in [0.2, 0.25) is 0 Å². The van der Waals surface area contributed by atoms with Crippen molar-refractivity contribution in [1.29, 1.82) is 0 Å². The zero-order valence-corrected chi connectivity index (χ0v) is 14.5. The second-order valence-electron chi connectivity index (χ2n) is 6.13. The van der Waals surface area contributed by atoms with Crippen molar-refractivity contribution in [3.05, 3.63) is 62.8 Å². The number of carbonyl (C=O) groups is 1. The summed E-state index contributed by atoms with van der Waals surface area (Å²) in [6, 6.07) is 5.50. The Morgan fingerprint density at radius 1 is 1.20 bits per heavy atom. The topological polar surface area (TPSA) is 76.4 Å². The van der Waals surface area contributed by atoms with Gasteiger partial charge in [-0.2, -0.15) is 0 Å². The van der Waals surface area contributed by atoms with Gasteiger partial charge in [0.2, 0.25) is 0 Å². The van der Waals surface area contributed by atoms with Gasteiger partial charge in [0.05, 0.1) is 12.2 Å². The van der Waals surface area contributed by atoms with Crippen molar-refractivity contribution < 1.29 is 4.79 Å². The Balaban J connectivity index is 1.66. The van der Waals surface area contributed by atoms with Crippen LogP contribution < -0.4 is 10.9 Å². The molecule has 1 amide bonds. The third-order valence-corrected chi connectivity index (χ3v) is 5.61. The maximum Gasteiger partial charge on any atom is 0.271 e. The van der Waals surface area contributed by atoms with Crippen molar-refractivity contribution in [3.8, 4) is 0 Å². The number of aryl methyl sites for hydroxylation is 2. The molecule has 0 radical (unpaired) electrons. The largest absolute Gasteiger partial charge is 0.346 e. The van der Waals surface area contributed by atoms with E-state index in [2.05, 4.69) is 15.3 Å². The van der Waals surface area contributed by atoms with Gasteiger partial charge >= 0.3 is 0 Å². The predicted octanol–water partition coefficient (Wildman–Crippen LogP) is 2.35. The summed E-state index contributed by atoms with van der Waals surface area (Å²) < 4.78 is 1.64. The molecule has 4 rings (SSSR count). The molecule has 0 saturated heterocycles. The van der Waals surface area contributed by atoms with Gasteiger partial charge in [0, 0.05) is 23.0 Å². The van der Waals surface area contributed by atoms with Crippen LogP contribution in [0, 0.1) is 0 Å². The Morgan fingerprint density at radius 3 is 2.92 bits per heavy atom. The molecule has 6 nitrogen and oxygen atoms in total. The normalized spacial score (nSPS) is 14.1. The van der Waals surface area contributed by atoms with Crippen LogP contribution in [0.5, 0.6) is 0 Å². The zero-order valence-electron chi connectivity index (χ0n) is 13.7. The second kappa shape index (κ2) is 6.76. The van der Waals surface area contributed by atoms with Gasteiger partial charge in [-0.15, -0.1) is 11.3 Å². The lowest BCUT2D eigenvalue weighted by Crippen LogP contribution is -2.31. The summed E-state index contributed by atoms with van der Waals surface area (Å²) >= 11 is 1.57. The minimum atomic E-state index is -0.411. The van der Waals surface area contributed by atoms with E-state index in [1.807, 2.05) is 18.2 Å². The molecular formula is C18H18N4O2S. The van der Waals surface area contributed by atoms with Crippen molar-refractivity contribution in [1.82, 2.24) is 19.7 Å². The van der Waals surface area contributed by atoms with Crippen LogP contribution in [-0.4, -0.2) is 20.3 Å². The minimum Gasteiger partial charge on any atom is -0.346 e. The highest BCUT2D eigenvalue weighted by Gasteiger charge is 2.20. The van der Waals surface area contributed by atoms with E-state index < -0.39 is 5.91 Å². The van der Waals surface area contributed by atoms with Gasteiger partial charge in [-0.3, -0.25) is 19.0 Å². The Bertz CT molecular complexity index is 978. The molecule has 128 valence electrons. The van der Waals surface area contributed by atoms with Crippen molar-refractivity contribution in [2.75, 3.05) is 0 Å². The number of aromatic nitrogens is 3. The highest BCUT2D eigenvalue weighted by molar-refractivity contribution is 7.17. The minimum absolute atomic E-state index is 0.0817. The maximum absolute atomic E-state index is 12.9. The summed E-state index contributed by atoms with van der Waals surface area (Å²) in [5.74, 6) is -0.411. The van der Waals surface area contributed by atoms with E-state index in [1.165, 1.54) is 17.5 Å². The molecule has 3 aromatic heterocycles. The molecule has 0 atom stereocenters. The fourth-order valence-electron chi connectivity index (χ4n) is 3.17. The first-order valence-corrected chi connectivity index (χ1v) is 9.26. The molecule has 25 heavy (non-hydrogen) atoms. The number of nitrogens with one attached hydrogen (secondary N) is 1. The molecule has 0 unspecified atom stereocenters. The number of amides is 1. The molecule has 0 bridgehead atoms. The second-order valence-corrected chi connectivity index (χ2v) is 7.19. The average Bonchev–Trinajstić information content (AvgIpc) is 2.83. The molecule has 7 heteroatoms. The SMILES string of the molecule is O=C(NCc1ccccn1)c1cnc2sc3c(n2c1=O)CCCCC3. The quantitative estimate of drug-likeness (QED) is 0.733. The van der Waals surface area contributed by atoms with Crippen LogP contribution in [-0.2, 0) is 19.4 Å². The first-order chi connectivity index (χ1) is 12.2. The fraction of sp³-hybridized carbons (Fsp3) is 0.333. The third kappa shape index (κ3) is 3.07. The molecule has 3 aromatic rings. The summed E-state index contributed by atoms with van der Waals surface area (Å²) in [7, 11) is 0. The number of hydrogen-bond acceptors (Lipinski definition) is 5. The number of nitrogens with zero attached hydrogens (tertiary/aromatic N) is 3. The van der Waals surface area contributed by atoms with Crippen LogP contribution >= 0.6 is 11.3 Å². The van der Waals surface area contributed by atoms with Crippen LogP contribution in [0.15, 0.2) is 35.4 Å². The van der Waals surface area contributed by atoms with E-state index in [-0.39, 0.29) is 17.7 Å². The highest BCUT2D eigenvalue weighted by Crippen LogP contribution is 2.27. The van der Waals surface area contributed by atoms with Crippen molar-refractivity contribution in [2.45, 2.75) is 38.6 Å². The van der Waals surface area contributed by atoms with Crippen LogP contribution in [0.1, 0.15) is 45.9 Å². The Morgan fingerprint density at radius 2 is 2.08 bits per heavy atom. The lowest BCUT2D eigenvalue weighted by Gasteiger charge is -2.06. The summed E-state index contributed by atoms with van der Waals surface area (Å²) in [6.07, 6.45) is 8.31. The van der Waals surface area contributed by atoms with Crippen molar-refractivity contribution >= 4 is 22.2 Å². The van der Waals surface area contributed by atoms with Gasteiger partial charge in [-0.25, -0.2) is 4.98 Å². The molecule has 0 saturated carbocycles. The van der Waals surface area contributed by atoms with Crippen molar-refractivity contribution in [3.63, 3.8) is 0 Å². The van der Waals surface area contributed by atoms with E-state index in [0.717, 1.165) is 37.1 Å². The summed E-state index contributed by atoms with van der Waals surface area (Å²) in [4.78, 5) is 35.8. The fourth-order valence-corrected chi connectivity index (χ4v) is 4.34. The molecule has 1 aliphatic carbocycles. The molecule has 0 spiro atoms. The number of fused-ring (bicyclic) bond motifs is 3. The monoisotopic (exact) mass is 354 g/mol. The smallest absolute Gasteiger partial charge is 0.271 e. The lowest BCUT2D eigenvalue weighted by atomic mass is 10.2. The Kier molecular flexibility index (Phi) is 4.31. The van der Waals surface area contributed by atoms with E-state index >= 15 is 0 Å². The molecule has 1 aliphatic rings. The molecule has 0 aliphatic heterocycles. The number of rotatable bonds is 3. The van der Waals surface area contributed by atoms with E-state index in [9.17, 15) is 9.59 Å². The third-order valence-electron chi connectivity index (χ3n) is 4.45. The molecule has 0 aromatic carbocycles. The number of pyridine rings is 1. The summed E-state index contributed by atoms with van der Waals surface area (Å²) in [5, 5.41) is 2.75. The first-order valence-electron chi connectivity index (χ1n) is 8.44. The van der Waals surface area contributed by atoms with E-state index in [4.69, 9.17) is 0 Å². The molecule has 1 N–H and O–H groups in total.